The van der Waals surface area contributed by atoms with Crippen molar-refractivity contribution in [1.29, 1.82) is 0 Å². The van der Waals surface area contributed by atoms with Gasteiger partial charge in [0.2, 0.25) is 5.91 Å². The summed E-state index contributed by atoms with van der Waals surface area (Å²) in [5.74, 6) is -5.99. The van der Waals surface area contributed by atoms with Crippen molar-refractivity contribution < 1.29 is 26.4 Å². The number of amides is 1. The fourth-order valence-corrected chi connectivity index (χ4v) is 3.54. The van der Waals surface area contributed by atoms with Crippen molar-refractivity contribution in [3.05, 3.63) is 59.9 Å². The number of carbonyl (C=O) groups excluding carboxylic acids is 1. The van der Waals surface area contributed by atoms with Gasteiger partial charge in [0.05, 0.1) is 5.69 Å². The predicted molar refractivity (Wildman–Crippen MR) is 81.1 cm³/mol. The highest BCUT2D eigenvalue weighted by Gasteiger charge is 2.30. The van der Waals surface area contributed by atoms with Crippen LogP contribution >= 0.6 is 0 Å². The van der Waals surface area contributed by atoms with E-state index in [1.54, 1.807) is 6.07 Å². The Labute approximate surface area is 136 Å². The minimum atomic E-state index is -4.58. The van der Waals surface area contributed by atoms with Crippen LogP contribution in [0.25, 0.3) is 0 Å². The Bertz CT molecular complexity index is 858. The maximum Gasteiger partial charge on any atom is 0.267 e. The topological polar surface area (TPSA) is 80.5 Å². The summed E-state index contributed by atoms with van der Waals surface area (Å²) in [6, 6.07) is 8.66. The second-order valence-electron chi connectivity index (χ2n) is 4.80. The molecule has 24 heavy (non-hydrogen) atoms. The molecular weight excluding hydrogens is 345 g/mol. The van der Waals surface area contributed by atoms with Crippen LogP contribution in [-0.2, 0) is 14.8 Å². The normalized spacial score (nSPS) is 11.3. The Morgan fingerprint density at radius 3 is 2.21 bits per heavy atom. The van der Waals surface area contributed by atoms with E-state index >= 15 is 0 Å². The van der Waals surface area contributed by atoms with Crippen LogP contribution in [0.15, 0.2) is 47.4 Å². The second-order valence-corrected chi connectivity index (χ2v) is 6.63. The number of para-hydroxylation sites is 1. The fraction of sp³-hybridized carbons (Fsp3) is 0.133. The van der Waals surface area contributed by atoms with Crippen LogP contribution in [0.4, 0.5) is 18.9 Å². The van der Waals surface area contributed by atoms with E-state index in [1.165, 1.54) is 24.3 Å². The molecule has 0 unspecified atom stereocenters. The standard InChI is InChI=1S/C15H13F3N2O3S/c16-11-6-7-12(15(18)14(11)17)24(22,23)20(9-8-13(19)21)10-4-2-1-3-5-10/h1-7H,8-9H2,(H2,19,21). The molecule has 2 aromatic carbocycles. The molecule has 2 rings (SSSR count). The van der Waals surface area contributed by atoms with Crippen molar-refractivity contribution in [2.24, 2.45) is 5.73 Å². The number of benzene rings is 2. The van der Waals surface area contributed by atoms with E-state index in [1.807, 2.05) is 0 Å². The molecule has 0 heterocycles. The lowest BCUT2D eigenvalue weighted by Crippen LogP contribution is -2.34. The van der Waals surface area contributed by atoms with Gasteiger partial charge in [-0.2, -0.15) is 0 Å². The third-order valence-electron chi connectivity index (χ3n) is 3.17. The number of anilines is 1. The highest BCUT2D eigenvalue weighted by atomic mass is 32.2. The van der Waals surface area contributed by atoms with Crippen molar-refractivity contribution in [2.45, 2.75) is 11.3 Å². The van der Waals surface area contributed by atoms with Gasteiger partial charge in [0.15, 0.2) is 17.5 Å². The van der Waals surface area contributed by atoms with Crippen molar-refractivity contribution in [1.82, 2.24) is 0 Å². The number of hydrogen-bond acceptors (Lipinski definition) is 3. The number of sulfonamides is 1. The van der Waals surface area contributed by atoms with E-state index in [-0.39, 0.29) is 18.7 Å². The maximum absolute atomic E-state index is 13.9. The summed E-state index contributed by atoms with van der Waals surface area (Å²) in [5.41, 5.74) is 5.16. The SMILES string of the molecule is NC(=O)CCN(c1ccccc1)S(=O)(=O)c1ccc(F)c(F)c1F. The number of halogens is 3. The van der Waals surface area contributed by atoms with Gasteiger partial charge in [-0.1, -0.05) is 18.2 Å². The van der Waals surface area contributed by atoms with Crippen LogP contribution < -0.4 is 10.0 Å². The van der Waals surface area contributed by atoms with E-state index < -0.39 is 38.3 Å². The average molecular weight is 358 g/mol. The third kappa shape index (κ3) is 3.51. The van der Waals surface area contributed by atoms with Crippen LogP contribution in [0.1, 0.15) is 6.42 Å². The summed E-state index contributed by atoms with van der Waals surface area (Å²) in [6.45, 7) is -0.375. The Hall–Kier alpha value is -2.55. The summed E-state index contributed by atoms with van der Waals surface area (Å²) < 4.78 is 66.4. The number of nitrogens with zero attached hydrogens (tertiary/aromatic N) is 1. The zero-order valence-corrected chi connectivity index (χ0v) is 13.1. The predicted octanol–water partition coefficient (Wildman–Crippen LogP) is 2.17. The Morgan fingerprint density at radius 1 is 1.00 bits per heavy atom. The number of hydrogen-bond donors (Lipinski definition) is 1. The molecule has 0 saturated heterocycles. The first-order valence-electron chi connectivity index (χ1n) is 6.74. The minimum Gasteiger partial charge on any atom is -0.370 e. The monoisotopic (exact) mass is 358 g/mol. The molecule has 0 aliphatic rings. The zero-order valence-electron chi connectivity index (χ0n) is 12.2. The lowest BCUT2D eigenvalue weighted by Gasteiger charge is -2.24. The van der Waals surface area contributed by atoms with E-state index in [0.717, 1.165) is 0 Å². The molecule has 0 saturated carbocycles. The quantitative estimate of drug-likeness (QED) is 0.804. The van der Waals surface area contributed by atoms with Gasteiger partial charge < -0.3 is 5.73 Å². The van der Waals surface area contributed by atoms with Crippen LogP contribution in [-0.4, -0.2) is 20.9 Å². The molecule has 9 heteroatoms. The molecule has 0 aliphatic heterocycles. The summed E-state index contributed by atoms with van der Waals surface area (Å²) >= 11 is 0. The summed E-state index contributed by atoms with van der Waals surface area (Å²) in [6.07, 6.45) is -0.334. The lowest BCUT2D eigenvalue weighted by molar-refractivity contribution is -0.117. The molecule has 0 fully saturated rings. The van der Waals surface area contributed by atoms with Gasteiger partial charge in [-0.15, -0.1) is 0 Å². The Balaban J connectivity index is 2.56. The molecule has 1 amide bonds. The van der Waals surface area contributed by atoms with Crippen molar-refractivity contribution in [2.75, 3.05) is 10.8 Å². The van der Waals surface area contributed by atoms with Crippen LogP contribution in [0.2, 0.25) is 0 Å². The summed E-state index contributed by atoms with van der Waals surface area (Å²) in [7, 11) is -4.58. The highest BCUT2D eigenvalue weighted by Crippen LogP contribution is 2.27. The van der Waals surface area contributed by atoms with E-state index in [9.17, 15) is 26.4 Å². The lowest BCUT2D eigenvalue weighted by atomic mass is 10.3. The summed E-state index contributed by atoms with van der Waals surface area (Å²) in [5, 5.41) is 0. The van der Waals surface area contributed by atoms with Crippen molar-refractivity contribution >= 4 is 21.6 Å². The zero-order chi connectivity index (χ0) is 17.9. The van der Waals surface area contributed by atoms with Gasteiger partial charge in [0, 0.05) is 13.0 Å². The second kappa shape index (κ2) is 6.91. The smallest absolute Gasteiger partial charge is 0.267 e. The number of carbonyl (C=O) groups is 1. The van der Waals surface area contributed by atoms with E-state index in [0.29, 0.717) is 16.4 Å². The Morgan fingerprint density at radius 2 is 1.62 bits per heavy atom. The maximum atomic E-state index is 13.9. The molecule has 2 aromatic rings. The molecule has 0 radical (unpaired) electrons. The van der Waals surface area contributed by atoms with Gasteiger partial charge in [0.1, 0.15) is 4.90 Å². The van der Waals surface area contributed by atoms with Gasteiger partial charge >= 0.3 is 0 Å². The first-order valence-corrected chi connectivity index (χ1v) is 8.18. The average Bonchev–Trinajstić information content (AvgIpc) is 2.53. The van der Waals surface area contributed by atoms with Crippen molar-refractivity contribution in [3.8, 4) is 0 Å². The van der Waals surface area contributed by atoms with E-state index in [2.05, 4.69) is 0 Å². The number of primary amides is 1. The van der Waals surface area contributed by atoms with Gasteiger partial charge in [-0.3, -0.25) is 9.10 Å². The molecular formula is C15H13F3N2O3S. The van der Waals surface area contributed by atoms with Gasteiger partial charge in [-0.05, 0) is 24.3 Å². The number of nitrogens with two attached hydrogens (primary N) is 1. The molecule has 0 bridgehead atoms. The Kier molecular flexibility index (Phi) is 5.13. The molecule has 128 valence electrons. The fourth-order valence-electron chi connectivity index (χ4n) is 2.02. The molecule has 5 nitrogen and oxygen atoms in total. The van der Waals surface area contributed by atoms with Crippen LogP contribution in [0, 0.1) is 17.5 Å². The van der Waals surface area contributed by atoms with Crippen LogP contribution in [0.5, 0.6) is 0 Å². The largest absolute Gasteiger partial charge is 0.370 e. The minimum absolute atomic E-state index is 0.128. The summed E-state index contributed by atoms with van der Waals surface area (Å²) in [4.78, 5) is 9.95. The molecule has 0 aliphatic carbocycles. The molecule has 0 atom stereocenters. The molecule has 0 aromatic heterocycles. The highest BCUT2D eigenvalue weighted by molar-refractivity contribution is 7.92. The van der Waals surface area contributed by atoms with Crippen LogP contribution in [0.3, 0.4) is 0 Å². The van der Waals surface area contributed by atoms with Gasteiger partial charge in [0.25, 0.3) is 10.0 Å². The van der Waals surface area contributed by atoms with E-state index in [4.69, 9.17) is 5.73 Å². The number of rotatable bonds is 6. The third-order valence-corrected chi connectivity index (χ3v) is 5.02. The van der Waals surface area contributed by atoms with Gasteiger partial charge in [-0.25, -0.2) is 21.6 Å². The first kappa shape index (κ1) is 17.8. The van der Waals surface area contributed by atoms with Crippen molar-refractivity contribution in [3.63, 3.8) is 0 Å². The first-order chi connectivity index (χ1) is 11.2. The molecule has 0 spiro atoms. The molecule has 2 N–H and O–H groups in total.